The number of amides is 1. The van der Waals surface area contributed by atoms with Gasteiger partial charge < -0.3 is 14.2 Å². The largest absolute Gasteiger partial charge is 0.367 e. The van der Waals surface area contributed by atoms with Gasteiger partial charge in [0.1, 0.15) is 11.9 Å². The quantitative estimate of drug-likeness (QED) is 0.910. The summed E-state index contributed by atoms with van der Waals surface area (Å²) in [5, 5.41) is 11.1. The first-order valence-corrected chi connectivity index (χ1v) is 8.49. The zero-order valence-corrected chi connectivity index (χ0v) is 15.4. The first kappa shape index (κ1) is 17.6. The van der Waals surface area contributed by atoms with Gasteiger partial charge in [-0.05, 0) is 13.8 Å². The lowest BCUT2D eigenvalue weighted by molar-refractivity contribution is -0.138. The van der Waals surface area contributed by atoms with Crippen molar-refractivity contribution in [2.24, 2.45) is 0 Å². The van der Waals surface area contributed by atoms with Crippen LogP contribution in [-0.2, 0) is 21.4 Å². The highest BCUT2D eigenvalue weighted by molar-refractivity contribution is 5.79. The van der Waals surface area contributed by atoms with Crippen LogP contribution in [-0.4, -0.2) is 50.8 Å². The standard InChI is InChI=1S/C17H25N5O3/c1-10-12(11(2)25-21-10)8-14(23)22-6-7-24-13(9-22)15-18-16(20-19-15)17(3,4)5/h13H,6-9H2,1-5H3,(H,18,19,20)/t13-/m0/s1. The molecular weight excluding hydrogens is 322 g/mol. The summed E-state index contributed by atoms with van der Waals surface area (Å²) in [6.07, 6.45) is 0.00308. The molecule has 1 aliphatic heterocycles. The molecule has 2 aromatic rings. The predicted octanol–water partition coefficient (Wildman–Crippen LogP) is 1.85. The average molecular weight is 347 g/mol. The molecule has 1 amide bonds. The molecule has 0 bridgehead atoms. The van der Waals surface area contributed by atoms with Crippen molar-refractivity contribution >= 4 is 5.91 Å². The number of aromatic nitrogens is 4. The second-order valence-corrected chi connectivity index (χ2v) is 7.47. The molecule has 25 heavy (non-hydrogen) atoms. The number of ether oxygens (including phenoxy) is 1. The molecule has 1 fully saturated rings. The van der Waals surface area contributed by atoms with Crippen LogP contribution in [0.1, 0.15) is 55.5 Å². The van der Waals surface area contributed by atoms with Crippen LogP contribution < -0.4 is 0 Å². The molecule has 1 N–H and O–H groups in total. The van der Waals surface area contributed by atoms with E-state index in [0.29, 0.717) is 31.3 Å². The Morgan fingerprint density at radius 1 is 1.36 bits per heavy atom. The van der Waals surface area contributed by atoms with E-state index in [1.54, 1.807) is 4.90 Å². The van der Waals surface area contributed by atoms with Crippen LogP contribution in [0.15, 0.2) is 4.52 Å². The van der Waals surface area contributed by atoms with E-state index in [1.165, 1.54) is 0 Å². The highest BCUT2D eigenvalue weighted by atomic mass is 16.5. The van der Waals surface area contributed by atoms with E-state index >= 15 is 0 Å². The Morgan fingerprint density at radius 3 is 2.72 bits per heavy atom. The molecule has 0 aromatic carbocycles. The Morgan fingerprint density at radius 2 is 2.12 bits per heavy atom. The molecule has 3 rings (SSSR count). The zero-order chi connectivity index (χ0) is 18.2. The number of H-pyrrole nitrogens is 1. The Hall–Kier alpha value is -2.22. The third-order valence-corrected chi connectivity index (χ3v) is 4.41. The SMILES string of the molecule is Cc1noc(C)c1CC(=O)N1CCO[C@H](c2nc(C(C)(C)C)n[nH]2)C1. The van der Waals surface area contributed by atoms with E-state index in [2.05, 4.69) is 41.1 Å². The van der Waals surface area contributed by atoms with E-state index in [-0.39, 0.29) is 23.8 Å². The highest BCUT2D eigenvalue weighted by Crippen LogP contribution is 2.24. The smallest absolute Gasteiger partial charge is 0.227 e. The number of rotatable bonds is 3. The molecule has 0 spiro atoms. The van der Waals surface area contributed by atoms with Gasteiger partial charge in [-0.25, -0.2) is 4.98 Å². The fourth-order valence-electron chi connectivity index (χ4n) is 2.81. The number of morpholine rings is 1. The summed E-state index contributed by atoms with van der Waals surface area (Å²) in [6.45, 7) is 11.4. The van der Waals surface area contributed by atoms with Crippen molar-refractivity contribution in [3.05, 3.63) is 28.7 Å². The van der Waals surface area contributed by atoms with Crippen molar-refractivity contribution in [2.45, 2.75) is 52.6 Å². The van der Waals surface area contributed by atoms with Gasteiger partial charge in [0, 0.05) is 17.5 Å². The predicted molar refractivity (Wildman–Crippen MR) is 90.0 cm³/mol. The second kappa shape index (κ2) is 6.59. The van der Waals surface area contributed by atoms with Crippen LogP contribution in [0.4, 0.5) is 0 Å². The van der Waals surface area contributed by atoms with Gasteiger partial charge in [0.25, 0.3) is 0 Å². The zero-order valence-electron chi connectivity index (χ0n) is 15.4. The summed E-state index contributed by atoms with van der Waals surface area (Å²) in [5.41, 5.74) is 1.49. The van der Waals surface area contributed by atoms with E-state index in [0.717, 1.165) is 17.1 Å². The molecular formula is C17H25N5O3. The van der Waals surface area contributed by atoms with Gasteiger partial charge in [0.05, 0.1) is 25.3 Å². The number of carbonyl (C=O) groups excluding carboxylic acids is 1. The summed E-state index contributed by atoms with van der Waals surface area (Å²) in [7, 11) is 0. The lowest BCUT2D eigenvalue weighted by Crippen LogP contribution is -2.43. The summed E-state index contributed by atoms with van der Waals surface area (Å²) in [6, 6.07) is 0. The minimum atomic E-state index is -0.286. The second-order valence-electron chi connectivity index (χ2n) is 7.47. The number of hydrogen-bond acceptors (Lipinski definition) is 6. The summed E-state index contributed by atoms with van der Waals surface area (Å²) >= 11 is 0. The van der Waals surface area contributed by atoms with E-state index in [4.69, 9.17) is 9.26 Å². The van der Waals surface area contributed by atoms with Crippen molar-refractivity contribution in [3.8, 4) is 0 Å². The third kappa shape index (κ3) is 3.73. The van der Waals surface area contributed by atoms with E-state index in [9.17, 15) is 4.79 Å². The maximum atomic E-state index is 12.7. The van der Waals surface area contributed by atoms with Crippen molar-refractivity contribution in [1.82, 2.24) is 25.2 Å². The topological polar surface area (TPSA) is 97.1 Å². The maximum Gasteiger partial charge on any atom is 0.227 e. The molecule has 0 saturated carbocycles. The lowest BCUT2D eigenvalue weighted by atomic mass is 9.96. The van der Waals surface area contributed by atoms with Crippen LogP contribution >= 0.6 is 0 Å². The number of aryl methyl sites for hydroxylation is 2. The van der Waals surface area contributed by atoms with Crippen LogP contribution in [0.3, 0.4) is 0 Å². The first-order valence-electron chi connectivity index (χ1n) is 8.49. The molecule has 3 heterocycles. The molecule has 8 heteroatoms. The van der Waals surface area contributed by atoms with Crippen molar-refractivity contribution < 1.29 is 14.1 Å². The number of nitrogens with zero attached hydrogens (tertiary/aromatic N) is 4. The van der Waals surface area contributed by atoms with Gasteiger partial charge in [0.15, 0.2) is 11.6 Å². The summed E-state index contributed by atoms with van der Waals surface area (Å²) < 4.78 is 10.9. The normalized spacial score (nSPS) is 18.6. The van der Waals surface area contributed by atoms with Crippen LogP contribution in [0.2, 0.25) is 0 Å². The van der Waals surface area contributed by atoms with Crippen molar-refractivity contribution in [1.29, 1.82) is 0 Å². The molecule has 1 saturated heterocycles. The van der Waals surface area contributed by atoms with Gasteiger partial charge in [-0.1, -0.05) is 25.9 Å². The van der Waals surface area contributed by atoms with E-state index in [1.807, 2.05) is 13.8 Å². The van der Waals surface area contributed by atoms with Gasteiger partial charge in [0.2, 0.25) is 5.91 Å². The minimum absolute atomic E-state index is 0.0401. The number of aromatic amines is 1. The Labute approximate surface area is 146 Å². The van der Waals surface area contributed by atoms with Gasteiger partial charge in [-0.3, -0.25) is 9.89 Å². The molecule has 0 unspecified atom stereocenters. The number of nitrogens with one attached hydrogen (secondary N) is 1. The minimum Gasteiger partial charge on any atom is -0.367 e. The summed E-state index contributed by atoms with van der Waals surface area (Å²) in [4.78, 5) is 19.0. The van der Waals surface area contributed by atoms with Crippen LogP contribution in [0, 0.1) is 13.8 Å². The molecule has 0 radical (unpaired) electrons. The van der Waals surface area contributed by atoms with Crippen molar-refractivity contribution in [2.75, 3.05) is 19.7 Å². The van der Waals surface area contributed by atoms with Gasteiger partial charge in [-0.2, -0.15) is 5.10 Å². The molecule has 1 atom stereocenters. The van der Waals surface area contributed by atoms with Crippen LogP contribution in [0.25, 0.3) is 0 Å². The highest BCUT2D eigenvalue weighted by Gasteiger charge is 2.30. The Kier molecular flexibility index (Phi) is 4.64. The van der Waals surface area contributed by atoms with Crippen LogP contribution in [0.5, 0.6) is 0 Å². The van der Waals surface area contributed by atoms with Gasteiger partial charge >= 0.3 is 0 Å². The molecule has 136 valence electrons. The number of hydrogen-bond donors (Lipinski definition) is 1. The molecule has 2 aromatic heterocycles. The van der Waals surface area contributed by atoms with Crippen molar-refractivity contribution in [3.63, 3.8) is 0 Å². The maximum absolute atomic E-state index is 12.7. The molecule has 8 nitrogen and oxygen atoms in total. The first-order chi connectivity index (χ1) is 11.8. The average Bonchev–Trinajstić information content (AvgIpc) is 3.17. The molecule has 0 aliphatic carbocycles. The monoisotopic (exact) mass is 347 g/mol. The lowest BCUT2D eigenvalue weighted by Gasteiger charge is -2.32. The molecule has 1 aliphatic rings. The Balaban J connectivity index is 1.68. The third-order valence-electron chi connectivity index (χ3n) is 4.41. The Bertz CT molecular complexity index is 739. The fraction of sp³-hybridized carbons (Fsp3) is 0.647. The number of carbonyl (C=O) groups is 1. The summed E-state index contributed by atoms with van der Waals surface area (Å²) in [5.74, 6) is 2.14. The van der Waals surface area contributed by atoms with E-state index < -0.39 is 0 Å². The van der Waals surface area contributed by atoms with Gasteiger partial charge in [-0.15, -0.1) is 0 Å². The fourth-order valence-corrected chi connectivity index (χ4v) is 2.81.